The summed E-state index contributed by atoms with van der Waals surface area (Å²) in [6.45, 7) is 2.51. The van der Waals surface area contributed by atoms with Crippen LogP contribution < -0.4 is 0 Å². The van der Waals surface area contributed by atoms with E-state index in [1.54, 1.807) is 0 Å². The molecule has 0 aromatic heterocycles. The van der Waals surface area contributed by atoms with Gasteiger partial charge in [-0.25, -0.2) is 0 Å². The summed E-state index contributed by atoms with van der Waals surface area (Å²) in [6, 6.07) is 0.792. The molecule has 3 heteroatoms. The zero-order chi connectivity index (χ0) is 11.8. The summed E-state index contributed by atoms with van der Waals surface area (Å²) in [5.41, 5.74) is 0. The van der Waals surface area contributed by atoms with Crippen LogP contribution in [0.4, 0.5) is 0 Å². The van der Waals surface area contributed by atoms with Crippen molar-refractivity contribution in [3.8, 4) is 0 Å². The maximum absolute atomic E-state index is 11.1. The third-order valence-corrected chi connectivity index (χ3v) is 4.34. The molecule has 1 saturated heterocycles. The first-order chi connectivity index (χ1) is 7.49. The number of nitrogens with zero attached hydrogens (tertiary/aromatic N) is 1. The molecule has 3 nitrogen and oxygen atoms in total. The van der Waals surface area contributed by atoms with E-state index in [0.29, 0.717) is 0 Å². The zero-order valence-electron chi connectivity index (χ0n) is 10.7. The number of fused-ring (bicyclic) bond motifs is 1. The lowest BCUT2D eigenvalue weighted by atomic mass is 9.76. The molecule has 1 aliphatic carbocycles. The summed E-state index contributed by atoms with van der Waals surface area (Å²) in [7, 11) is 4.58. The molecular weight excluding hydrogens is 202 g/mol. The van der Waals surface area contributed by atoms with Gasteiger partial charge in [0.15, 0.2) is 6.10 Å². The van der Waals surface area contributed by atoms with Crippen molar-refractivity contribution >= 4 is 5.97 Å². The van der Waals surface area contributed by atoms with E-state index in [2.05, 4.69) is 14.1 Å². The van der Waals surface area contributed by atoms with E-state index in [0.717, 1.165) is 29.4 Å². The molecule has 2 rings (SSSR count). The number of rotatable bonds is 1. The fraction of sp³-hybridized carbons (Fsp3) is 0.923. The van der Waals surface area contributed by atoms with Gasteiger partial charge in [0.25, 0.3) is 0 Å². The highest BCUT2D eigenvalue weighted by atomic mass is 16.5. The molecule has 0 unspecified atom stereocenters. The Balaban J connectivity index is 2.06. The number of hydrogen-bond acceptors (Lipinski definition) is 2. The Labute approximate surface area is 98.4 Å². The van der Waals surface area contributed by atoms with Gasteiger partial charge in [-0.05, 0) is 25.7 Å². The van der Waals surface area contributed by atoms with Gasteiger partial charge in [0.1, 0.15) is 6.54 Å². The molecule has 3 atom stereocenters. The Hall–Kier alpha value is -0.570. The van der Waals surface area contributed by atoms with Crippen LogP contribution >= 0.6 is 0 Å². The lowest BCUT2D eigenvalue weighted by molar-refractivity contribution is -0.928. The number of hydrogen-bond donors (Lipinski definition) is 0. The number of piperidine rings is 1. The summed E-state index contributed by atoms with van der Waals surface area (Å²) in [6.07, 6.45) is 6.64. The van der Waals surface area contributed by atoms with E-state index in [1.165, 1.54) is 32.6 Å². The molecule has 2 aliphatic rings. The van der Waals surface area contributed by atoms with E-state index < -0.39 is 0 Å². The standard InChI is InChI=1S/C13H24NO2/c1-10(15)16-12-8-11-6-4-5-7-13(11)14(2,3)9-12/h11-13H,4-9H2,1-3H3/q+1/t11-,12+,13-/m0/s1. The van der Waals surface area contributed by atoms with E-state index in [9.17, 15) is 4.79 Å². The van der Waals surface area contributed by atoms with Crippen molar-refractivity contribution in [1.82, 2.24) is 0 Å². The second kappa shape index (κ2) is 4.36. The summed E-state index contributed by atoms with van der Waals surface area (Å²) in [4.78, 5) is 11.1. The van der Waals surface area contributed by atoms with E-state index >= 15 is 0 Å². The molecule has 0 amide bonds. The number of carbonyl (C=O) groups is 1. The van der Waals surface area contributed by atoms with Gasteiger partial charge >= 0.3 is 5.97 Å². The SMILES string of the molecule is CC(=O)O[C@@H]1C[C@@H]2CCCC[C@@H]2[N+](C)(C)C1. The maximum atomic E-state index is 11.1. The minimum atomic E-state index is -0.126. The van der Waals surface area contributed by atoms with Crippen molar-refractivity contribution in [3.63, 3.8) is 0 Å². The monoisotopic (exact) mass is 226 g/mol. The van der Waals surface area contributed by atoms with Crippen molar-refractivity contribution in [2.75, 3.05) is 20.6 Å². The molecule has 0 N–H and O–H groups in total. The minimum Gasteiger partial charge on any atom is -0.457 e. The van der Waals surface area contributed by atoms with Gasteiger partial charge in [-0.1, -0.05) is 6.42 Å². The van der Waals surface area contributed by atoms with Gasteiger partial charge in [-0.15, -0.1) is 0 Å². The molecule has 0 spiro atoms. The summed E-state index contributed by atoms with van der Waals surface area (Å²) in [5, 5.41) is 0. The van der Waals surface area contributed by atoms with Gasteiger partial charge in [0, 0.05) is 12.8 Å². The van der Waals surface area contributed by atoms with Crippen molar-refractivity contribution in [2.24, 2.45) is 5.92 Å². The van der Waals surface area contributed by atoms with E-state index in [1.807, 2.05) is 0 Å². The summed E-state index contributed by atoms with van der Waals surface area (Å²) in [5.74, 6) is 0.640. The van der Waals surface area contributed by atoms with Crippen LogP contribution in [0.1, 0.15) is 39.0 Å². The lowest BCUT2D eigenvalue weighted by Gasteiger charge is -2.50. The quantitative estimate of drug-likeness (QED) is 0.504. The van der Waals surface area contributed by atoms with Crippen LogP contribution in [0.3, 0.4) is 0 Å². The Morgan fingerprint density at radius 3 is 2.62 bits per heavy atom. The predicted octanol–water partition coefficient (Wildman–Crippen LogP) is 1.96. The van der Waals surface area contributed by atoms with Crippen molar-refractivity contribution in [2.45, 2.75) is 51.2 Å². The summed E-state index contributed by atoms with van der Waals surface area (Å²) < 4.78 is 6.45. The Morgan fingerprint density at radius 2 is 1.94 bits per heavy atom. The van der Waals surface area contributed by atoms with Gasteiger partial charge in [-0.2, -0.15) is 0 Å². The van der Waals surface area contributed by atoms with Gasteiger partial charge in [-0.3, -0.25) is 4.79 Å². The Bertz CT molecular complexity index is 275. The number of ether oxygens (including phenoxy) is 1. The molecule has 16 heavy (non-hydrogen) atoms. The topological polar surface area (TPSA) is 26.3 Å². The minimum absolute atomic E-state index is 0.126. The van der Waals surface area contributed by atoms with Gasteiger partial charge in [0.2, 0.25) is 0 Å². The Kier molecular flexibility index (Phi) is 3.24. The molecule has 0 bridgehead atoms. The molecule has 0 aromatic carbocycles. The highest BCUT2D eigenvalue weighted by Gasteiger charge is 2.45. The molecule has 1 saturated carbocycles. The second-order valence-electron chi connectivity index (χ2n) is 6.04. The third-order valence-electron chi connectivity index (χ3n) is 4.34. The Morgan fingerprint density at radius 1 is 1.25 bits per heavy atom. The molecule has 1 heterocycles. The molecule has 0 aromatic rings. The molecule has 0 radical (unpaired) electrons. The average Bonchev–Trinajstić information content (AvgIpc) is 2.15. The highest BCUT2D eigenvalue weighted by molar-refractivity contribution is 5.66. The first kappa shape index (κ1) is 11.9. The van der Waals surface area contributed by atoms with E-state index in [4.69, 9.17) is 4.74 Å². The van der Waals surface area contributed by atoms with E-state index in [-0.39, 0.29) is 12.1 Å². The van der Waals surface area contributed by atoms with Crippen LogP contribution in [-0.4, -0.2) is 43.2 Å². The number of quaternary nitrogens is 1. The fourth-order valence-electron chi connectivity index (χ4n) is 3.78. The van der Waals surface area contributed by atoms with Crippen LogP contribution in [0.5, 0.6) is 0 Å². The van der Waals surface area contributed by atoms with Crippen molar-refractivity contribution in [3.05, 3.63) is 0 Å². The van der Waals surface area contributed by atoms with Crippen LogP contribution in [0.15, 0.2) is 0 Å². The normalized spacial score (nSPS) is 37.6. The third kappa shape index (κ3) is 2.40. The number of likely N-dealkylation sites (tertiary alicyclic amines) is 1. The number of esters is 1. The summed E-state index contributed by atoms with van der Waals surface area (Å²) >= 11 is 0. The molecular formula is C13H24NO2+. The largest absolute Gasteiger partial charge is 0.457 e. The molecule has 2 fully saturated rings. The number of likely N-dealkylation sites (N-methyl/N-ethyl adjacent to an activating group) is 1. The maximum Gasteiger partial charge on any atom is 0.303 e. The van der Waals surface area contributed by atoms with Crippen molar-refractivity contribution < 1.29 is 14.0 Å². The number of carbonyl (C=O) groups excluding carboxylic acids is 1. The predicted molar refractivity (Wildman–Crippen MR) is 62.9 cm³/mol. The first-order valence-electron chi connectivity index (χ1n) is 6.49. The zero-order valence-corrected chi connectivity index (χ0v) is 10.7. The second-order valence-corrected chi connectivity index (χ2v) is 6.04. The average molecular weight is 226 g/mol. The first-order valence-corrected chi connectivity index (χ1v) is 6.49. The van der Waals surface area contributed by atoms with Crippen LogP contribution in [0.2, 0.25) is 0 Å². The van der Waals surface area contributed by atoms with Gasteiger partial charge < -0.3 is 9.22 Å². The highest BCUT2D eigenvalue weighted by Crippen LogP contribution is 2.38. The molecule has 92 valence electrons. The smallest absolute Gasteiger partial charge is 0.303 e. The van der Waals surface area contributed by atoms with Crippen LogP contribution in [0.25, 0.3) is 0 Å². The lowest BCUT2D eigenvalue weighted by Crippen LogP contribution is -2.61. The van der Waals surface area contributed by atoms with Crippen molar-refractivity contribution in [1.29, 1.82) is 0 Å². The fourth-order valence-corrected chi connectivity index (χ4v) is 3.78. The van der Waals surface area contributed by atoms with Crippen LogP contribution in [-0.2, 0) is 9.53 Å². The molecule has 1 aliphatic heterocycles. The van der Waals surface area contributed by atoms with Gasteiger partial charge in [0.05, 0.1) is 20.1 Å². The van der Waals surface area contributed by atoms with Crippen LogP contribution in [0, 0.1) is 5.92 Å².